The number of nitrogens with zero attached hydrogens (tertiary/aromatic N) is 2. The van der Waals surface area contributed by atoms with Gasteiger partial charge in [0, 0.05) is 18.5 Å². The fourth-order valence-electron chi connectivity index (χ4n) is 2.36. The lowest BCUT2D eigenvalue weighted by molar-refractivity contribution is -0.385. The highest BCUT2D eigenvalue weighted by molar-refractivity contribution is 5.99. The maximum Gasteiger partial charge on any atom is 0.343 e. The van der Waals surface area contributed by atoms with Gasteiger partial charge in [-0.25, -0.2) is 9.18 Å². The van der Waals surface area contributed by atoms with Gasteiger partial charge in [0.15, 0.2) is 0 Å². The zero-order valence-electron chi connectivity index (χ0n) is 11.2. The molecule has 1 aliphatic rings. The molecule has 1 amide bonds. The van der Waals surface area contributed by atoms with Crippen molar-refractivity contribution in [2.75, 3.05) is 13.1 Å². The molecule has 21 heavy (non-hydrogen) atoms. The first-order valence-electron chi connectivity index (χ1n) is 6.22. The second-order valence-electron chi connectivity index (χ2n) is 4.98. The fourth-order valence-corrected chi connectivity index (χ4v) is 2.36. The summed E-state index contributed by atoms with van der Waals surface area (Å²) in [5.41, 5.74) is -2.67. The Morgan fingerprint density at radius 1 is 1.48 bits per heavy atom. The van der Waals surface area contributed by atoms with E-state index < -0.39 is 29.0 Å². The molecule has 1 unspecified atom stereocenters. The molecule has 1 aromatic carbocycles. The van der Waals surface area contributed by atoms with E-state index in [0.717, 1.165) is 4.90 Å². The van der Waals surface area contributed by atoms with Gasteiger partial charge < -0.3 is 10.0 Å². The summed E-state index contributed by atoms with van der Waals surface area (Å²) in [5.74, 6) is -2.36. The van der Waals surface area contributed by atoms with Gasteiger partial charge >= 0.3 is 5.97 Å². The third-order valence-electron chi connectivity index (χ3n) is 3.54. The minimum absolute atomic E-state index is 0.0905. The summed E-state index contributed by atoms with van der Waals surface area (Å²) in [5, 5.41) is 19.9. The van der Waals surface area contributed by atoms with E-state index in [9.17, 15) is 24.1 Å². The van der Waals surface area contributed by atoms with Crippen LogP contribution in [0.1, 0.15) is 22.3 Å². The van der Waals surface area contributed by atoms with E-state index in [-0.39, 0.29) is 24.2 Å². The lowest BCUT2D eigenvalue weighted by Crippen LogP contribution is -2.39. The number of hydrogen-bond donors (Lipinski definition) is 1. The molecule has 1 saturated heterocycles. The number of nitro benzene ring substituents is 1. The molecule has 7 nitrogen and oxygen atoms in total. The van der Waals surface area contributed by atoms with Crippen LogP contribution < -0.4 is 0 Å². The maximum absolute atomic E-state index is 14.0. The van der Waals surface area contributed by atoms with Gasteiger partial charge in [-0.2, -0.15) is 0 Å². The number of para-hydroxylation sites is 1. The number of aryl methyl sites for hydroxylation is 1. The number of carbonyl (C=O) groups is 2. The van der Waals surface area contributed by atoms with Crippen molar-refractivity contribution in [3.63, 3.8) is 0 Å². The summed E-state index contributed by atoms with van der Waals surface area (Å²) >= 11 is 0. The van der Waals surface area contributed by atoms with Crippen LogP contribution >= 0.6 is 0 Å². The Morgan fingerprint density at radius 3 is 2.67 bits per heavy atom. The van der Waals surface area contributed by atoms with E-state index >= 15 is 0 Å². The molecule has 1 heterocycles. The molecule has 0 bridgehead atoms. The van der Waals surface area contributed by atoms with Gasteiger partial charge in [0.05, 0.1) is 11.5 Å². The molecular formula is C13H13FN2O5. The molecule has 1 N–H and O–H groups in total. The third-order valence-corrected chi connectivity index (χ3v) is 3.54. The molecule has 1 atom stereocenters. The van der Waals surface area contributed by atoms with E-state index in [1.807, 2.05) is 0 Å². The van der Waals surface area contributed by atoms with Crippen molar-refractivity contribution in [1.82, 2.24) is 4.90 Å². The van der Waals surface area contributed by atoms with Gasteiger partial charge in [-0.3, -0.25) is 14.9 Å². The van der Waals surface area contributed by atoms with E-state index in [1.165, 1.54) is 25.1 Å². The summed E-state index contributed by atoms with van der Waals surface area (Å²) in [6, 6.07) is 4.27. The quantitative estimate of drug-likeness (QED) is 0.673. The van der Waals surface area contributed by atoms with Crippen molar-refractivity contribution in [2.24, 2.45) is 0 Å². The predicted octanol–water partition coefficient (Wildman–Crippen LogP) is 1.54. The first-order chi connectivity index (χ1) is 9.76. The molecule has 0 aromatic heterocycles. The molecule has 8 heteroatoms. The van der Waals surface area contributed by atoms with Crippen LogP contribution in [0.2, 0.25) is 0 Å². The Kier molecular flexibility index (Phi) is 3.63. The number of hydrogen-bond acceptors (Lipinski definition) is 4. The number of aliphatic carboxylic acids is 1. The average molecular weight is 296 g/mol. The fraction of sp³-hybridized carbons (Fsp3) is 0.385. The molecule has 0 radical (unpaired) electrons. The van der Waals surface area contributed by atoms with Crippen LogP contribution in [-0.2, 0) is 4.79 Å². The number of carboxylic acid groups (broad SMARTS) is 1. The summed E-state index contributed by atoms with van der Waals surface area (Å²) in [6.45, 7) is 0.800. The number of carbonyl (C=O) groups excluding carboxylic acids is 1. The number of alkyl halides is 1. The summed E-state index contributed by atoms with van der Waals surface area (Å²) < 4.78 is 14.0. The van der Waals surface area contributed by atoms with Gasteiger partial charge in [-0.1, -0.05) is 12.1 Å². The van der Waals surface area contributed by atoms with Gasteiger partial charge in [0.2, 0.25) is 5.67 Å². The molecule has 112 valence electrons. The Hall–Kier alpha value is -2.51. The SMILES string of the molecule is Cc1cccc(C(=O)N2CCC(F)(C(=O)O)C2)c1[N+](=O)[O-]. The van der Waals surface area contributed by atoms with Crippen molar-refractivity contribution in [3.8, 4) is 0 Å². The number of halogens is 1. The van der Waals surface area contributed by atoms with Crippen LogP contribution in [0.25, 0.3) is 0 Å². The van der Waals surface area contributed by atoms with Crippen LogP contribution in [0.15, 0.2) is 18.2 Å². The molecule has 0 saturated carbocycles. The van der Waals surface area contributed by atoms with Crippen LogP contribution in [-0.4, -0.2) is 45.6 Å². The van der Waals surface area contributed by atoms with Gasteiger partial charge in [0.1, 0.15) is 5.56 Å². The Morgan fingerprint density at radius 2 is 2.14 bits per heavy atom. The van der Waals surface area contributed by atoms with Crippen LogP contribution in [0, 0.1) is 17.0 Å². The predicted molar refractivity (Wildman–Crippen MR) is 69.8 cm³/mol. The van der Waals surface area contributed by atoms with Crippen LogP contribution in [0.5, 0.6) is 0 Å². The van der Waals surface area contributed by atoms with Gasteiger partial charge in [0.25, 0.3) is 11.6 Å². The molecule has 1 aromatic rings. The Bertz CT molecular complexity index is 633. The van der Waals surface area contributed by atoms with Crippen molar-refractivity contribution >= 4 is 17.6 Å². The second kappa shape index (κ2) is 5.12. The Balaban J connectivity index is 2.33. The monoisotopic (exact) mass is 296 g/mol. The molecular weight excluding hydrogens is 283 g/mol. The first-order valence-corrected chi connectivity index (χ1v) is 6.22. The average Bonchev–Trinajstić information content (AvgIpc) is 2.81. The first kappa shape index (κ1) is 14.9. The highest BCUT2D eigenvalue weighted by atomic mass is 19.1. The normalized spacial score (nSPS) is 21.3. The Labute approximate surface area is 119 Å². The van der Waals surface area contributed by atoms with E-state index in [1.54, 1.807) is 0 Å². The van der Waals surface area contributed by atoms with Gasteiger partial charge in [-0.15, -0.1) is 0 Å². The lowest BCUT2D eigenvalue weighted by atomic mass is 10.1. The van der Waals surface area contributed by atoms with Crippen molar-refractivity contribution in [1.29, 1.82) is 0 Å². The van der Waals surface area contributed by atoms with Crippen LogP contribution in [0.4, 0.5) is 10.1 Å². The smallest absolute Gasteiger partial charge is 0.343 e. The third kappa shape index (κ3) is 2.56. The largest absolute Gasteiger partial charge is 0.479 e. The van der Waals surface area contributed by atoms with E-state index in [2.05, 4.69) is 0 Å². The van der Waals surface area contributed by atoms with Crippen molar-refractivity contribution in [3.05, 3.63) is 39.4 Å². The van der Waals surface area contributed by atoms with Crippen LogP contribution in [0.3, 0.4) is 0 Å². The zero-order valence-corrected chi connectivity index (χ0v) is 11.2. The number of amides is 1. The second-order valence-corrected chi connectivity index (χ2v) is 4.98. The summed E-state index contributed by atoms with van der Waals surface area (Å²) in [7, 11) is 0. The molecule has 1 fully saturated rings. The van der Waals surface area contributed by atoms with E-state index in [0.29, 0.717) is 5.56 Å². The van der Waals surface area contributed by atoms with Crippen molar-refractivity contribution in [2.45, 2.75) is 19.0 Å². The molecule has 0 aliphatic carbocycles. The topological polar surface area (TPSA) is 101 Å². The number of nitro groups is 1. The minimum atomic E-state index is -2.49. The standard InChI is InChI=1S/C13H13FN2O5/c1-8-3-2-4-9(10(8)16(20)21)11(17)15-6-5-13(14,7-15)12(18)19/h2-4H,5-7H2,1H3,(H,18,19). The maximum atomic E-state index is 14.0. The number of likely N-dealkylation sites (tertiary alicyclic amines) is 1. The number of carboxylic acids is 1. The molecule has 2 rings (SSSR count). The molecule has 0 spiro atoms. The highest BCUT2D eigenvalue weighted by Gasteiger charge is 2.47. The lowest BCUT2D eigenvalue weighted by Gasteiger charge is -2.18. The van der Waals surface area contributed by atoms with Gasteiger partial charge in [-0.05, 0) is 13.0 Å². The highest BCUT2D eigenvalue weighted by Crippen LogP contribution is 2.30. The number of rotatable bonds is 3. The summed E-state index contributed by atoms with van der Waals surface area (Å²) in [4.78, 5) is 34.5. The minimum Gasteiger partial charge on any atom is -0.479 e. The molecule has 1 aliphatic heterocycles. The summed E-state index contributed by atoms with van der Waals surface area (Å²) in [6.07, 6.45) is -0.326. The van der Waals surface area contributed by atoms with Crippen molar-refractivity contribution < 1.29 is 24.0 Å². The zero-order chi connectivity index (χ0) is 15.8. The van der Waals surface area contributed by atoms with E-state index in [4.69, 9.17) is 5.11 Å². The number of benzene rings is 1.